The van der Waals surface area contributed by atoms with Gasteiger partial charge in [-0.05, 0) is 0 Å². The molecule has 4 heteroatoms. The van der Waals surface area contributed by atoms with E-state index in [1.165, 1.54) is 0 Å². The van der Waals surface area contributed by atoms with E-state index >= 15 is 0 Å². The minimum atomic E-state index is 0. The topological polar surface area (TPSA) is 0 Å². The first kappa shape index (κ1) is 51.0. The van der Waals surface area contributed by atoms with Crippen LogP contribution in [0.25, 0.3) is 0 Å². The smallest absolute Gasteiger partial charge is 0 e. The summed E-state index contributed by atoms with van der Waals surface area (Å²) in [6.45, 7) is 0. The Morgan fingerprint density at radius 3 is 0.750 bits per heavy atom. The fraction of sp³-hybridized carbons (Fsp3) is 0. The van der Waals surface area contributed by atoms with Gasteiger partial charge < -0.3 is 0 Å². The van der Waals surface area contributed by atoms with Crippen LogP contribution in [-0.4, -0.2) is 21.9 Å². The Morgan fingerprint density at radius 2 is 0.750 bits per heavy atom. The van der Waals surface area contributed by atoms with Crippen molar-refractivity contribution in [3.05, 3.63) is 0 Å². The first-order valence-electron chi connectivity index (χ1n) is 0. The molecule has 0 rings (SSSR count). The maximum atomic E-state index is 0. The Kier molecular flexibility index (Phi) is 319. The molecule has 0 aromatic rings. The van der Waals surface area contributed by atoms with Crippen molar-refractivity contribution in [3.8, 4) is 0 Å². The minimum Gasteiger partial charge on any atom is 0 e. The largest absolute Gasteiger partial charge is 0 e. The van der Waals surface area contributed by atoms with E-state index in [4.69, 9.17) is 0 Å². The van der Waals surface area contributed by atoms with Crippen molar-refractivity contribution in [3.63, 3.8) is 0 Å². The summed E-state index contributed by atoms with van der Waals surface area (Å²) in [5.41, 5.74) is 0. The molecule has 4 heavy (non-hydrogen) atoms. The molecule has 24 valence electrons. The second-order valence-corrected chi connectivity index (χ2v) is 0. The van der Waals surface area contributed by atoms with Gasteiger partial charge in [0.15, 0.2) is 0 Å². The molecule has 0 heterocycles. The predicted molar refractivity (Wildman–Crippen MR) is 11.5 cm³/mol. The van der Waals surface area contributed by atoms with Crippen LogP contribution in [0.3, 0.4) is 0 Å². The summed E-state index contributed by atoms with van der Waals surface area (Å²) in [5, 5.41) is 0. The van der Waals surface area contributed by atoms with E-state index < -0.39 is 0 Å². The standard InChI is InChI=1S/Cr.Ni.2Si. The maximum absolute atomic E-state index is 0. The molecule has 0 fully saturated rings. The molecule has 0 aromatic carbocycles. The van der Waals surface area contributed by atoms with Crippen LogP contribution < -0.4 is 0 Å². The zero-order valence-electron chi connectivity index (χ0n) is 1.72. The second-order valence-electron chi connectivity index (χ2n) is 0. The Labute approximate surface area is 55.8 Å². The average Bonchev–Trinajstić information content (AvgIpc) is 0. The summed E-state index contributed by atoms with van der Waals surface area (Å²) in [7, 11) is 0. The van der Waals surface area contributed by atoms with Crippen molar-refractivity contribution >= 4 is 21.9 Å². The SMILES string of the molecule is [Cr].[Ni].[Si].[Si]. The Balaban J connectivity index is 0. The van der Waals surface area contributed by atoms with Gasteiger partial charge in [-0.1, -0.05) is 0 Å². The molecule has 0 amide bonds. The second kappa shape index (κ2) is 25.1. The Hall–Kier alpha value is 1.46. The molecule has 0 aromatic heterocycles. The molecule has 0 saturated carbocycles. The monoisotopic (exact) mass is 166 g/mol. The van der Waals surface area contributed by atoms with E-state index in [1.807, 2.05) is 0 Å². The van der Waals surface area contributed by atoms with Crippen molar-refractivity contribution in [2.75, 3.05) is 0 Å². The summed E-state index contributed by atoms with van der Waals surface area (Å²) in [6.07, 6.45) is 0. The molecule has 0 unspecified atom stereocenters. The molecule has 0 spiro atoms. The van der Waals surface area contributed by atoms with Gasteiger partial charge in [0.1, 0.15) is 0 Å². The van der Waals surface area contributed by atoms with Crippen LogP contribution in [0.15, 0.2) is 0 Å². The van der Waals surface area contributed by atoms with Crippen LogP contribution in [0.1, 0.15) is 0 Å². The van der Waals surface area contributed by atoms with Gasteiger partial charge in [-0.2, -0.15) is 0 Å². The summed E-state index contributed by atoms with van der Waals surface area (Å²) in [6, 6.07) is 0. The van der Waals surface area contributed by atoms with E-state index in [0.717, 1.165) is 0 Å². The third-order valence-corrected chi connectivity index (χ3v) is 0. The zero-order valence-corrected chi connectivity index (χ0v) is 5.99. The molecule has 0 atom stereocenters. The van der Waals surface area contributed by atoms with E-state index in [9.17, 15) is 0 Å². The fourth-order valence-corrected chi connectivity index (χ4v) is 0. The average molecular weight is 167 g/mol. The molecule has 0 aliphatic rings. The van der Waals surface area contributed by atoms with Crippen molar-refractivity contribution in [2.45, 2.75) is 0 Å². The molecule has 0 saturated heterocycles. The van der Waals surface area contributed by atoms with Gasteiger partial charge in [-0.15, -0.1) is 0 Å². The summed E-state index contributed by atoms with van der Waals surface area (Å²) >= 11 is 0. The van der Waals surface area contributed by atoms with E-state index in [1.54, 1.807) is 0 Å². The van der Waals surface area contributed by atoms with Gasteiger partial charge in [0.25, 0.3) is 0 Å². The molecule has 0 bridgehead atoms. The van der Waals surface area contributed by atoms with Crippen LogP contribution in [0.2, 0.25) is 0 Å². The van der Waals surface area contributed by atoms with E-state index in [0.29, 0.717) is 0 Å². The van der Waals surface area contributed by atoms with Crippen molar-refractivity contribution in [1.82, 2.24) is 0 Å². The van der Waals surface area contributed by atoms with Gasteiger partial charge >= 0.3 is 0 Å². The van der Waals surface area contributed by atoms with Crippen LogP contribution in [0.5, 0.6) is 0 Å². The van der Waals surface area contributed by atoms with E-state index in [2.05, 4.69) is 0 Å². The van der Waals surface area contributed by atoms with Crippen LogP contribution in [0.4, 0.5) is 0 Å². The first-order chi connectivity index (χ1) is 0. The van der Waals surface area contributed by atoms with Gasteiger partial charge in [0.05, 0.1) is 0 Å². The Bertz CT molecular complexity index is 6.00. The van der Waals surface area contributed by atoms with Crippen molar-refractivity contribution in [2.24, 2.45) is 0 Å². The first-order valence-corrected chi connectivity index (χ1v) is 0. The summed E-state index contributed by atoms with van der Waals surface area (Å²) < 4.78 is 0. The van der Waals surface area contributed by atoms with Crippen molar-refractivity contribution in [1.29, 1.82) is 0 Å². The van der Waals surface area contributed by atoms with Crippen LogP contribution >= 0.6 is 0 Å². The summed E-state index contributed by atoms with van der Waals surface area (Å²) in [5.74, 6) is 0. The van der Waals surface area contributed by atoms with Gasteiger partial charge in [0.2, 0.25) is 0 Å². The normalized spacial score (nSPS) is 0. The molecule has 0 aliphatic heterocycles. The van der Waals surface area contributed by atoms with Gasteiger partial charge in [0, 0.05) is 55.8 Å². The quantitative estimate of drug-likeness (QED) is 0.415. The molecule has 0 N–H and O–H groups in total. The van der Waals surface area contributed by atoms with Gasteiger partial charge in [-0.3, -0.25) is 0 Å². The molecule has 0 aliphatic carbocycles. The molecule has 8 radical (unpaired) electrons. The number of rotatable bonds is 0. The molecular weight excluding hydrogens is 167 g/mol. The fourth-order valence-electron chi connectivity index (χ4n) is 0. The molecular formula is CrNiSi2. The number of hydrogen-bond donors (Lipinski definition) is 0. The summed E-state index contributed by atoms with van der Waals surface area (Å²) in [4.78, 5) is 0. The van der Waals surface area contributed by atoms with Crippen LogP contribution in [0, 0.1) is 0 Å². The Morgan fingerprint density at radius 1 is 0.750 bits per heavy atom. The van der Waals surface area contributed by atoms with Gasteiger partial charge in [-0.25, -0.2) is 0 Å². The third-order valence-electron chi connectivity index (χ3n) is 0. The maximum Gasteiger partial charge on any atom is 0 e. The van der Waals surface area contributed by atoms with Crippen LogP contribution in [-0.2, 0) is 33.9 Å². The minimum absolute atomic E-state index is 0. The number of hydrogen-bond acceptors (Lipinski definition) is 0. The zero-order chi connectivity index (χ0) is 0. The van der Waals surface area contributed by atoms with Crippen molar-refractivity contribution < 1.29 is 33.9 Å². The third kappa shape index (κ3) is 9.82. The molecule has 0 nitrogen and oxygen atoms in total. The predicted octanol–water partition coefficient (Wildman–Crippen LogP) is -0.767. The van der Waals surface area contributed by atoms with E-state index in [-0.39, 0.29) is 55.8 Å².